The van der Waals surface area contributed by atoms with Gasteiger partial charge in [-0.2, -0.15) is 0 Å². The van der Waals surface area contributed by atoms with Gasteiger partial charge in [0.1, 0.15) is 18.4 Å². The normalized spacial score (nSPS) is 14.7. The van der Waals surface area contributed by atoms with Gasteiger partial charge >= 0.3 is 0 Å². The molecule has 1 aliphatic carbocycles. The number of aryl methyl sites for hydroxylation is 1. The lowest BCUT2D eigenvalue weighted by Gasteiger charge is -2.34. The molecular formula is C32H38FN3O4S. The molecule has 9 heteroatoms. The molecule has 1 aliphatic rings. The Bertz CT molecular complexity index is 1420. The standard InChI is InChI=1S/C32H38FN3O4S/c1-3-30(32(38)34-27-12-6-4-7-13-27)35(22-25-17-19-26(33)20-18-25)31(37)23-36(28-14-10-11-24(2)21-28)41(39,40)29-15-8-5-9-16-29/h5,8-11,14-21,27,30H,3-4,6-7,12-13,22-23H2,1-2H3,(H,34,38)/t30-/m0/s1. The summed E-state index contributed by atoms with van der Waals surface area (Å²) >= 11 is 0. The molecule has 3 aromatic carbocycles. The van der Waals surface area contributed by atoms with Gasteiger partial charge in [-0.3, -0.25) is 13.9 Å². The average molecular weight is 580 g/mol. The van der Waals surface area contributed by atoms with Gasteiger partial charge in [0.05, 0.1) is 10.6 Å². The van der Waals surface area contributed by atoms with Gasteiger partial charge in [-0.15, -0.1) is 0 Å². The van der Waals surface area contributed by atoms with E-state index < -0.39 is 34.3 Å². The first-order chi connectivity index (χ1) is 19.7. The summed E-state index contributed by atoms with van der Waals surface area (Å²) < 4.78 is 42.5. The number of nitrogens with one attached hydrogen (secondary N) is 1. The summed E-state index contributed by atoms with van der Waals surface area (Å²) in [5.41, 5.74) is 1.82. The fourth-order valence-electron chi connectivity index (χ4n) is 5.28. The van der Waals surface area contributed by atoms with Crippen molar-refractivity contribution in [3.8, 4) is 0 Å². The van der Waals surface area contributed by atoms with Crippen LogP contribution in [0.4, 0.5) is 10.1 Å². The Morgan fingerprint density at radius 2 is 1.63 bits per heavy atom. The van der Waals surface area contributed by atoms with Crippen molar-refractivity contribution in [2.75, 3.05) is 10.8 Å². The van der Waals surface area contributed by atoms with Gasteiger partial charge in [0.25, 0.3) is 10.0 Å². The fourth-order valence-corrected chi connectivity index (χ4v) is 6.71. The van der Waals surface area contributed by atoms with Gasteiger partial charge < -0.3 is 10.2 Å². The van der Waals surface area contributed by atoms with E-state index in [1.165, 1.54) is 29.2 Å². The summed E-state index contributed by atoms with van der Waals surface area (Å²) in [6.07, 6.45) is 5.35. The number of anilines is 1. The maximum absolute atomic E-state index is 14.1. The Morgan fingerprint density at radius 1 is 0.951 bits per heavy atom. The highest BCUT2D eigenvalue weighted by atomic mass is 32.2. The van der Waals surface area contributed by atoms with E-state index >= 15 is 0 Å². The summed E-state index contributed by atoms with van der Waals surface area (Å²) in [5.74, 6) is -1.20. The highest BCUT2D eigenvalue weighted by Crippen LogP contribution is 2.26. The van der Waals surface area contributed by atoms with E-state index in [0.717, 1.165) is 42.0 Å². The molecule has 0 bridgehead atoms. The lowest BCUT2D eigenvalue weighted by Crippen LogP contribution is -2.54. The third kappa shape index (κ3) is 7.73. The minimum absolute atomic E-state index is 0.0305. The zero-order valence-corrected chi connectivity index (χ0v) is 24.4. The van der Waals surface area contributed by atoms with Crippen LogP contribution in [0.5, 0.6) is 0 Å². The Kier molecular flexibility index (Phi) is 10.2. The van der Waals surface area contributed by atoms with Gasteiger partial charge in [0.15, 0.2) is 0 Å². The lowest BCUT2D eigenvalue weighted by molar-refractivity contribution is -0.140. The molecule has 0 heterocycles. The van der Waals surface area contributed by atoms with Crippen molar-refractivity contribution in [1.82, 2.24) is 10.2 Å². The van der Waals surface area contributed by atoms with Gasteiger partial charge in [0, 0.05) is 12.6 Å². The minimum Gasteiger partial charge on any atom is -0.352 e. The molecule has 2 amide bonds. The van der Waals surface area contributed by atoms with Crippen LogP contribution in [0.2, 0.25) is 0 Å². The third-order valence-corrected chi connectivity index (χ3v) is 9.29. The van der Waals surface area contributed by atoms with Crippen LogP contribution in [0.15, 0.2) is 83.8 Å². The van der Waals surface area contributed by atoms with Crippen molar-refractivity contribution in [3.63, 3.8) is 0 Å². The van der Waals surface area contributed by atoms with Crippen molar-refractivity contribution in [1.29, 1.82) is 0 Å². The Balaban J connectivity index is 1.69. The monoisotopic (exact) mass is 579 g/mol. The topological polar surface area (TPSA) is 86.8 Å². The molecule has 4 rings (SSSR count). The quantitative estimate of drug-likeness (QED) is 0.321. The van der Waals surface area contributed by atoms with Crippen molar-refractivity contribution in [2.24, 2.45) is 0 Å². The van der Waals surface area contributed by atoms with E-state index in [1.54, 1.807) is 48.5 Å². The van der Waals surface area contributed by atoms with Crippen molar-refractivity contribution in [2.45, 2.75) is 75.9 Å². The van der Waals surface area contributed by atoms with Crippen LogP contribution in [0.3, 0.4) is 0 Å². The van der Waals surface area contributed by atoms with Crippen LogP contribution in [0.1, 0.15) is 56.6 Å². The second-order valence-electron chi connectivity index (χ2n) is 10.6. The van der Waals surface area contributed by atoms with Gasteiger partial charge in [-0.25, -0.2) is 12.8 Å². The van der Waals surface area contributed by atoms with Crippen molar-refractivity contribution >= 4 is 27.5 Å². The van der Waals surface area contributed by atoms with Crippen LogP contribution in [0.25, 0.3) is 0 Å². The number of amides is 2. The maximum atomic E-state index is 14.1. The second-order valence-corrected chi connectivity index (χ2v) is 12.4. The molecule has 0 saturated heterocycles. The van der Waals surface area contributed by atoms with E-state index in [9.17, 15) is 22.4 Å². The first-order valence-electron chi connectivity index (χ1n) is 14.2. The first kappa shape index (κ1) is 30.2. The van der Waals surface area contributed by atoms with Crippen LogP contribution in [-0.4, -0.2) is 43.8 Å². The molecule has 1 fully saturated rings. The minimum atomic E-state index is -4.12. The highest BCUT2D eigenvalue weighted by Gasteiger charge is 2.34. The predicted molar refractivity (Wildman–Crippen MR) is 158 cm³/mol. The number of hydrogen-bond donors (Lipinski definition) is 1. The number of carbonyl (C=O) groups is 2. The number of hydrogen-bond acceptors (Lipinski definition) is 4. The van der Waals surface area contributed by atoms with Crippen molar-refractivity contribution in [3.05, 3.63) is 95.8 Å². The van der Waals surface area contributed by atoms with E-state index in [4.69, 9.17) is 0 Å². The molecule has 0 aromatic heterocycles. The Labute approximate surface area is 242 Å². The summed E-state index contributed by atoms with van der Waals surface area (Å²) in [7, 11) is -4.12. The Morgan fingerprint density at radius 3 is 2.27 bits per heavy atom. The SMILES string of the molecule is CC[C@@H](C(=O)NC1CCCCC1)N(Cc1ccc(F)cc1)C(=O)CN(c1cccc(C)c1)S(=O)(=O)c1ccccc1. The molecule has 0 aliphatic heterocycles. The van der Waals surface area contributed by atoms with Gasteiger partial charge in [-0.1, -0.05) is 68.7 Å². The molecular weight excluding hydrogens is 541 g/mol. The summed E-state index contributed by atoms with van der Waals surface area (Å²) in [5, 5.41) is 3.12. The largest absolute Gasteiger partial charge is 0.352 e. The highest BCUT2D eigenvalue weighted by molar-refractivity contribution is 7.92. The maximum Gasteiger partial charge on any atom is 0.264 e. The van der Waals surface area contributed by atoms with E-state index in [2.05, 4.69) is 5.32 Å². The van der Waals surface area contributed by atoms with Crippen LogP contribution >= 0.6 is 0 Å². The number of rotatable bonds is 11. The summed E-state index contributed by atoms with van der Waals surface area (Å²) in [4.78, 5) is 29.2. The number of sulfonamides is 1. The average Bonchev–Trinajstić information content (AvgIpc) is 2.97. The molecule has 41 heavy (non-hydrogen) atoms. The molecule has 1 saturated carbocycles. The fraction of sp³-hybridized carbons (Fsp3) is 0.375. The molecule has 218 valence electrons. The molecule has 0 unspecified atom stereocenters. The first-order valence-corrected chi connectivity index (χ1v) is 15.6. The lowest BCUT2D eigenvalue weighted by atomic mass is 9.95. The molecule has 1 N–H and O–H groups in total. The number of benzene rings is 3. The third-order valence-electron chi connectivity index (χ3n) is 7.50. The predicted octanol–water partition coefficient (Wildman–Crippen LogP) is 5.59. The number of nitrogens with zero attached hydrogens (tertiary/aromatic N) is 2. The van der Waals surface area contributed by atoms with Crippen LogP contribution in [-0.2, 0) is 26.2 Å². The second kappa shape index (κ2) is 13.8. The van der Waals surface area contributed by atoms with E-state index in [0.29, 0.717) is 17.7 Å². The van der Waals surface area contributed by atoms with E-state index in [1.807, 2.05) is 19.9 Å². The smallest absolute Gasteiger partial charge is 0.264 e. The zero-order valence-electron chi connectivity index (χ0n) is 23.6. The van der Waals surface area contributed by atoms with Crippen molar-refractivity contribution < 1.29 is 22.4 Å². The number of carbonyl (C=O) groups excluding carboxylic acids is 2. The summed E-state index contributed by atoms with van der Waals surface area (Å²) in [6.45, 7) is 3.20. The number of halogens is 1. The Hall–Kier alpha value is -3.72. The molecule has 0 spiro atoms. The molecule has 0 radical (unpaired) electrons. The molecule has 1 atom stereocenters. The molecule has 7 nitrogen and oxygen atoms in total. The van der Waals surface area contributed by atoms with Crippen LogP contribution in [0, 0.1) is 12.7 Å². The van der Waals surface area contributed by atoms with Gasteiger partial charge in [0.2, 0.25) is 11.8 Å². The summed E-state index contributed by atoms with van der Waals surface area (Å²) in [6, 6.07) is 19.9. The van der Waals surface area contributed by atoms with E-state index in [-0.39, 0.29) is 23.4 Å². The molecule has 3 aromatic rings. The zero-order chi connectivity index (χ0) is 29.4. The van der Waals surface area contributed by atoms with Crippen LogP contribution < -0.4 is 9.62 Å². The van der Waals surface area contributed by atoms with Gasteiger partial charge in [-0.05, 0) is 73.7 Å².